The van der Waals surface area contributed by atoms with E-state index in [0.717, 1.165) is 25.3 Å². The highest BCUT2D eigenvalue weighted by Crippen LogP contribution is 2.28. The minimum absolute atomic E-state index is 0.0681. The number of benzene rings is 1. The van der Waals surface area contributed by atoms with Crippen LogP contribution < -0.4 is 0 Å². The van der Waals surface area contributed by atoms with Crippen molar-refractivity contribution in [2.45, 2.75) is 24.2 Å². The molecule has 1 fully saturated rings. The van der Waals surface area contributed by atoms with E-state index in [9.17, 15) is 13.2 Å². The van der Waals surface area contributed by atoms with Crippen molar-refractivity contribution < 1.29 is 18.3 Å². The van der Waals surface area contributed by atoms with Crippen molar-refractivity contribution >= 4 is 33.7 Å². The summed E-state index contributed by atoms with van der Waals surface area (Å²) >= 11 is 6.06. The van der Waals surface area contributed by atoms with Gasteiger partial charge in [-0.3, -0.25) is 0 Å². The Morgan fingerprint density at radius 3 is 2.48 bits per heavy atom. The number of piperidine rings is 1. The molecule has 21 heavy (non-hydrogen) atoms. The van der Waals surface area contributed by atoms with Crippen LogP contribution in [0.3, 0.4) is 0 Å². The maximum absolute atomic E-state index is 12.5. The molecule has 0 spiro atoms. The zero-order valence-corrected chi connectivity index (χ0v) is 12.9. The molecule has 0 saturated carbocycles. The highest BCUT2D eigenvalue weighted by Gasteiger charge is 2.27. The lowest BCUT2D eigenvalue weighted by Gasteiger charge is -2.26. The van der Waals surface area contributed by atoms with Crippen LogP contribution in [0.4, 0.5) is 0 Å². The van der Waals surface area contributed by atoms with Gasteiger partial charge in [-0.05, 0) is 36.6 Å². The molecule has 0 atom stereocenters. The predicted octanol–water partition coefficient (Wildman–Crippen LogP) is 2.61. The van der Waals surface area contributed by atoms with Crippen LogP contribution in [0.15, 0.2) is 29.2 Å². The average Bonchev–Trinajstić information content (AvgIpc) is 2.46. The van der Waals surface area contributed by atoms with Gasteiger partial charge in [0.05, 0.1) is 5.02 Å². The number of nitrogens with zero attached hydrogens (tertiary/aromatic N) is 1. The molecule has 1 heterocycles. The molecule has 0 aliphatic carbocycles. The molecule has 1 aliphatic heterocycles. The molecule has 1 saturated heterocycles. The first-order chi connectivity index (χ1) is 9.91. The third kappa shape index (κ3) is 3.84. The van der Waals surface area contributed by atoms with Crippen LogP contribution in [0.1, 0.15) is 24.8 Å². The van der Waals surface area contributed by atoms with Gasteiger partial charge in [0.25, 0.3) is 0 Å². The third-order valence-corrected chi connectivity index (χ3v) is 5.69. The first kappa shape index (κ1) is 16.0. The van der Waals surface area contributed by atoms with Gasteiger partial charge < -0.3 is 5.11 Å². The first-order valence-corrected chi connectivity index (χ1v) is 8.44. The summed E-state index contributed by atoms with van der Waals surface area (Å²) in [7, 11) is -3.58. The predicted molar refractivity (Wildman–Crippen MR) is 80.7 cm³/mol. The first-order valence-electron chi connectivity index (χ1n) is 6.62. The largest absolute Gasteiger partial charge is 0.478 e. The number of carboxylic acid groups (broad SMARTS) is 1. The summed E-state index contributed by atoms with van der Waals surface area (Å²) in [5.74, 6) is -1.07. The number of hydrogen-bond donors (Lipinski definition) is 1. The Morgan fingerprint density at radius 1 is 1.24 bits per heavy atom. The van der Waals surface area contributed by atoms with Crippen LogP contribution in [0.25, 0.3) is 6.08 Å². The van der Waals surface area contributed by atoms with Crippen LogP contribution in [0.2, 0.25) is 5.02 Å². The van der Waals surface area contributed by atoms with Gasteiger partial charge in [-0.1, -0.05) is 24.1 Å². The van der Waals surface area contributed by atoms with Gasteiger partial charge in [-0.25, -0.2) is 13.2 Å². The molecule has 114 valence electrons. The summed E-state index contributed by atoms with van der Waals surface area (Å²) < 4.78 is 26.5. The van der Waals surface area contributed by atoms with E-state index in [2.05, 4.69) is 0 Å². The lowest BCUT2D eigenvalue weighted by atomic mass is 10.2. The van der Waals surface area contributed by atoms with Gasteiger partial charge in [0, 0.05) is 19.2 Å². The highest BCUT2D eigenvalue weighted by molar-refractivity contribution is 7.89. The Kier molecular flexibility index (Phi) is 5.03. The van der Waals surface area contributed by atoms with Gasteiger partial charge in [-0.2, -0.15) is 4.31 Å². The SMILES string of the molecule is O=C(O)C=Cc1ccc(S(=O)(=O)N2CCCCC2)c(Cl)c1. The molecule has 0 radical (unpaired) electrons. The van der Waals surface area contributed by atoms with Crippen molar-refractivity contribution in [3.05, 3.63) is 34.9 Å². The van der Waals surface area contributed by atoms with Crippen LogP contribution >= 0.6 is 11.6 Å². The van der Waals surface area contributed by atoms with E-state index in [-0.39, 0.29) is 9.92 Å². The monoisotopic (exact) mass is 329 g/mol. The lowest BCUT2D eigenvalue weighted by molar-refractivity contribution is -0.131. The average molecular weight is 330 g/mol. The Hall–Kier alpha value is -1.37. The van der Waals surface area contributed by atoms with E-state index in [4.69, 9.17) is 16.7 Å². The summed E-state index contributed by atoms with van der Waals surface area (Å²) in [6.45, 7) is 1.03. The number of sulfonamides is 1. The van der Waals surface area contributed by atoms with E-state index in [0.29, 0.717) is 18.7 Å². The van der Waals surface area contributed by atoms with Gasteiger partial charge in [-0.15, -0.1) is 0 Å². The van der Waals surface area contributed by atoms with Crippen molar-refractivity contribution in [1.29, 1.82) is 0 Å². The summed E-state index contributed by atoms with van der Waals surface area (Å²) in [5, 5.41) is 8.68. The van der Waals surface area contributed by atoms with Crippen LogP contribution in [-0.4, -0.2) is 36.9 Å². The van der Waals surface area contributed by atoms with Crippen LogP contribution in [0, 0.1) is 0 Å². The smallest absolute Gasteiger partial charge is 0.328 e. The fraction of sp³-hybridized carbons (Fsp3) is 0.357. The van der Waals surface area contributed by atoms with Crippen molar-refractivity contribution in [2.24, 2.45) is 0 Å². The molecule has 7 heteroatoms. The second-order valence-electron chi connectivity index (χ2n) is 4.83. The van der Waals surface area contributed by atoms with E-state index < -0.39 is 16.0 Å². The van der Waals surface area contributed by atoms with Crippen molar-refractivity contribution in [3.63, 3.8) is 0 Å². The van der Waals surface area contributed by atoms with E-state index in [1.54, 1.807) is 6.07 Å². The minimum atomic E-state index is -3.58. The Balaban J connectivity index is 2.29. The molecular weight excluding hydrogens is 314 g/mol. The van der Waals surface area contributed by atoms with E-state index in [1.807, 2.05) is 0 Å². The number of aliphatic carboxylic acids is 1. The quantitative estimate of drug-likeness (QED) is 0.862. The third-order valence-electron chi connectivity index (χ3n) is 3.31. The zero-order chi connectivity index (χ0) is 15.5. The lowest BCUT2D eigenvalue weighted by Crippen LogP contribution is -2.35. The number of halogens is 1. The summed E-state index contributed by atoms with van der Waals surface area (Å²) in [4.78, 5) is 10.5. The highest BCUT2D eigenvalue weighted by atomic mass is 35.5. The molecule has 1 N–H and O–H groups in total. The van der Waals surface area contributed by atoms with Crippen LogP contribution in [0.5, 0.6) is 0 Å². The molecule has 5 nitrogen and oxygen atoms in total. The number of hydrogen-bond acceptors (Lipinski definition) is 3. The van der Waals surface area contributed by atoms with Gasteiger partial charge >= 0.3 is 5.97 Å². The molecule has 0 bridgehead atoms. The van der Waals surface area contributed by atoms with E-state index >= 15 is 0 Å². The fourth-order valence-corrected chi connectivity index (χ4v) is 4.29. The van der Waals surface area contributed by atoms with Crippen molar-refractivity contribution in [1.82, 2.24) is 4.31 Å². The Morgan fingerprint density at radius 2 is 1.90 bits per heavy atom. The molecule has 1 aromatic carbocycles. The second-order valence-corrected chi connectivity index (χ2v) is 7.14. The molecule has 1 aromatic rings. The summed E-state index contributed by atoms with van der Waals surface area (Å²) in [5.41, 5.74) is 0.542. The topological polar surface area (TPSA) is 74.7 Å². The Labute approximate surface area is 128 Å². The number of carbonyl (C=O) groups is 1. The second kappa shape index (κ2) is 6.60. The van der Waals surface area contributed by atoms with Gasteiger partial charge in [0.1, 0.15) is 4.90 Å². The molecule has 0 unspecified atom stereocenters. The van der Waals surface area contributed by atoms with Crippen molar-refractivity contribution in [3.8, 4) is 0 Å². The molecule has 1 aliphatic rings. The summed E-state index contributed by atoms with van der Waals surface area (Å²) in [6.07, 6.45) is 5.10. The number of carboxylic acids is 1. The van der Waals surface area contributed by atoms with Crippen LogP contribution in [-0.2, 0) is 14.8 Å². The van der Waals surface area contributed by atoms with Gasteiger partial charge in [0.15, 0.2) is 0 Å². The normalized spacial score (nSPS) is 17.2. The molecule has 0 amide bonds. The minimum Gasteiger partial charge on any atom is -0.478 e. The standard InChI is InChI=1S/C14H16ClNO4S/c15-12-10-11(5-7-14(17)18)4-6-13(12)21(19,20)16-8-2-1-3-9-16/h4-7,10H,1-3,8-9H2,(H,17,18). The maximum atomic E-state index is 12.5. The summed E-state index contributed by atoms with van der Waals surface area (Å²) in [6, 6.07) is 4.42. The Bertz CT molecular complexity index is 664. The van der Waals surface area contributed by atoms with Gasteiger partial charge in [0.2, 0.25) is 10.0 Å². The van der Waals surface area contributed by atoms with Crippen molar-refractivity contribution in [2.75, 3.05) is 13.1 Å². The number of rotatable bonds is 4. The maximum Gasteiger partial charge on any atom is 0.328 e. The molecule has 0 aromatic heterocycles. The molecule has 2 rings (SSSR count). The zero-order valence-electron chi connectivity index (χ0n) is 11.3. The van der Waals surface area contributed by atoms with E-state index in [1.165, 1.54) is 22.5 Å². The molecular formula is C14H16ClNO4S. The fourth-order valence-electron chi connectivity index (χ4n) is 2.24.